The van der Waals surface area contributed by atoms with Crippen LogP contribution in [0.1, 0.15) is 21.6 Å². The van der Waals surface area contributed by atoms with Gasteiger partial charge in [-0.15, -0.1) is 0 Å². The minimum absolute atomic E-state index is 0.162. The molecule has 2 aromatic heterocycles. The average Bonchev–Trinajstić information content (AvgIpc) is 2.64. The van der Waals surface area contributed by atoms with Crippen molar-refractivity contribution < 1.29 is 9.90 Å². The molecule has 96 valence electrons. The Balaban J connectivity index is 2.39. The Morgan fingerprint density at radius 3 is 2.95 bits per heavy atom. The zero-order chi connectivity index (χ0) is 14.0. The summed E-state index contributed by atoms with van der Waals surface area (Å²) in [6.45, 7) is 1.75. The maximum Gasteiger partial charge on any atom is 0.335 e. The zero-order valence-electron chi connectivity index (χ0n) is 10.3. The number of aryl methyl sites for hydroxylation is 2. The first kappa shape index (κ1) is 13.1. The molecule has 0 saturated heterocycles. The summed E-state index contributed by atoms with van der Waals surface area (Å²) in [6, 6.07) is 4.99. The van der Waals surface area contributed by atoms with Crippen molar-refractivity contribution in [2.24, 2.45) is 7.05 Å². The molecular weight excluding hydrogens is 264 g/mol. The molecule has 0 saturated carbocycles. The number of pyridine rings is 1. The van der Waals surface area contributed by atoms with E-state index in [2.05, 4.69) is 16.2 Å². The molecule has 0 fully saturated rings. The van der Waals surface area contributed by atoms with Crippen LogP contribution < -0.4 is 0 Å². The Kier molecular flexibility index (Phi) is 3.53. The van der Waals surface area contributed by atoms with Crippen LogP contribution in [0.5, 0.6) is 0 Å². The van der Waals surface area contributed by atoms with E-state index in [1.54, 1.807) is 18.7 Å². The van der Waals surface area contributed by atoms with Crippen LogP contribution in [0.25, 0.3) is 0 Å². The molecule has 0 amide bonds. The Morgan fingerprint density at radius 2 is 2.32 bits per heavy atom. The minimum atomic E-state index is -1.01. The number of carboxylic acids is 1. The maximum atomic E-state index is 10.9. The van der Waals surface area contributed by atoms with Crippen molar-refractivity contribution in [1.82, 2.24) is 14.8 Å². The van der Waals surface area contributed by atoms with Crippen molar-refractivity contribution in [1.29, 1.82) is 5.26 Å². The molecule has 0 unspecified atom stereocenters. The van der Waals surface area contributed by atoms with Gasteiger partial charge < -0.3 is 5.11 Å². The smallest absolute Gasteiger partial charge is 0.335 e. The third-order valence-electron chi connectivity index (χ3n) is 2.46. The lowest BCUT2D eigenvalue weighted by Crippen LogP contribution is -1.98. The molecule has 7 heteroatoms. The van der Waals surface area contributed by atoms with Crippen LogP contribution in [0.15, 0.2) is 28.4 Å². The monoisotopic (exact) mass is 274 g/mol. The van der Waals surface area contributed by atoms with Gasteiger partial charge in [-0.05, 0) is 30.8 Å². The number of carbonyl (C=O) groups is 1. The van der Waals surface area contributed by atoms with Crippen LogP contribution >= 0.6 is 11.8 Å². The Hall–Kier alpha value is -2.33. The SMILES string of the molecule is Cc1nn(C)c(Sc2cc(C(=O)O)ccn2)c1C#N. The van der Waals surface area contributed by atoms with E-state index in [1.807, 2.05) is 0 Å². The normalized spacial score (nSPS) is 10.2. The van der Waals surface area contributed by atoms with Crippen molar-refractivity contribution in [2.75, 3.05) is 0 Å². The number of nitrogens with zero attached hydrogens (tertiary/aromatic N) is 4. The summed E-state index contributed by atoms with van der Waals surface area (Å²) in [5.74, 6) is -1.01. The first-order chi connectivity index (χ1) is 9.02. The topological polar surface area (TPSA) is 91.8 Å². The highest BCUT2D eigenvalue weighted by Gasteiger charge is 2.15. The lowest BCUT2D eigenvalue weighted by atomic mass is 10.3. The summed E-state index contributed by atoms with van der Waals surface area (Å²) in [6.07, 6.45) is 1.43. The van der Waals surface area contributed by atoms with Crippen LogP contribution in [-0.2, 0) is 7.05 Å². The fourth-order valence-corrected chi connectivity index (χ4v) is 2.55. The van der Waals surface area contributed by atoms with E-state index in [4.69, 9.17) is 10.4 Å². The molecule has 2 heterocycles. The van der Waals surface area contributed by atoms with Crippen molar-refractivity contribution in [3.8, 4) is 6.07 Å². The van der Waals surface area contributed by atoms with Crippen molar-refractivity contribution in [3.63, 3.8) is 0 Å². The van der Waals surface area contributed by atoms with Gasteiger partial charge in [0.05, 0.1) is 11.3 Å². The molecule has 2 rings (SSSR count). The highest BCUT2D eigenvalue weighted by atomic mass is 32.2. The first-order valence-electron chi connectivity index (χ1n) is 5.34. The van der Waals surface area contributed by atoms with Gasteiger partial charge in [-0.25, -0.2) is 9.78 Å². The van der Waals surface area contributed by atoms with Crippen molar-refractivity contribution in [3.05, 3.63) is 35.2 Å². The molecule has 1 N–H and O–H groups in total. The summed E-state index contributed by atoms with van der Waals surface area (Å²) in [7, 11) is 1.73. The molecule has 2 aromatic rings. The third kappa shape index (κ3) is 2.58. The van der Waals surface area contributed by atoms with Gasteiger partial charge in [-0.2, -0.15) is 10.4 Å². The number of nitriles is 1. The van der Waals surface area contributed by atoms with Gasteiger partial charge in [0.2, 0.25) is 0 Å². The van der Waals surface area contributed by atoms with Crippen LogP contribution in [0.3, 0.4) is 0 Å². The van der Waals surface area contributed by atoms with Gasteiger partial charge in [0.1, 0.15) is 21.7 Å². The molecule has 0 aliphatic carbocycles. The second-order valence-corrected chi connectivity index (χ2v) is 4.80. The van der Waals surface area contributed by atoms with Gasteiger partial charge in [-0.3, -0.25) is 4.68 Å². The highest BCUT2D eigenvalue weighted by Crippen LogP contribution is 2.30. The molecule has 0 radical (unpaired) electrons. The van der Waals surface area contributed by atoms with Gasteiger partial charge in [0, 0.05) is 13.2 Å². The predicted molar refractivity (Wildman–Crippen MR) is 68.0 cm³/mol. The maximum absolute atomic E-state index is 10.9. The molecule has 6 nitrogen and oxygen atoms in total. The Labute approximate surface area is 113 Å². The van der Waals surface area contributed by atoms with E-state index < -0.39 is 5.97 Å². The van der Waals surface area contributed by atoms with E-state index >= 15 is 0 Å². The van der Waals surface area contributed by atoms with Crippen molar-refractivity contribution >= 4 is 17.7 Å². The Bertz CT molecular complexity index is 688. The number of carboxylic acid groups (broad SMARTS) is 1. The summed E-state index contributed by atoms with van der Waals surface area (Å²) in [5.41, 5.74) is 1.28. The predicted octanol–water partition coefficient (Wildman–Crippen LogP) is 1.84. The average molecular weight is 274 g/mol. The summed E-state index contributed by atoms with van der Waals surface area (Å²) >= 11 is 1.22. The molecule has 0 aliphatic heterocycles. The number of rotatable bonds is 3. The third-order valence-corrected chi connectivity index (χ3v) is 3.56. The van der Waals surface area contributed by atoms with Crippen molar-refractivity contribution in [2.45, 2.75) is 17.0 Å². The zero-order valence-corrected chi connectivity index (χ0v) is 11.1. The van der Waals surface area contributed by atoms with E-state index in [9.17, 15) is 4.79 Å². The van der Waals surface area contributed by atoms with Gasteiger partial charge in [0.25, 0.3) is 0 Å². The summed E-state index contributed by atoms with van der Waals surface area (Å²) in [4.78, 5) is 15.0. The number of aromatic carboxylic acids is 1. The lowest BCUT2D eigenvalue weighted by Gasteiger charge is -2.02. The standard InChI is InChI=1S/C12H10N4O2S/c1-7-9(6-13)11(16(2)15-7)19-10-5-8(12(17)18)3-4-14-10/h3-5H,1-2H3,(H,17,18). The quantitative estimate of drug-likeness (QED) is 0.918. The lowest BCUT2D eigenvalue weighted by molar-refractivity contribution is 0.0696. The number of hydrogen-bond donors (Lipinski definition) is 1. The van der Waals surface area contributed by atoms with E-state index in [0.717, 1.165) is 0 Å². The Morgan fingerprint density at radius 1 is 1.58 bits per heavy atom. The molecule has 0 atom stereocenters. The molecule has 0 bridgehead atoms. The molecular formula is C12H10N4O2S. The van der Waals surface area contributed by atoms with Crippen LogP contribution in [0, 0.1) is 18.3 Å². The van der Waals surface area contributed by atoms with E-state index in [1.165, 1.54) is 30.1 Å². The molecule has 0 aliphatic rings. The fourth-order valence-electron chi connectivity index (χ4n) is 1.58. The van der Waals surface area contributed by atoms with E-state index in [0.29, 0.717) is 21.3 Å². The van der Waals surface area contributed by atoms with Crippen LogP contribution in [0.2, 0.25) is 0 Å². The highest BCUT2D eigenvalue weighted by molar-refractivity contribution is 7.99. The number of hydrogen-bond acceptors (Lipinski definition) is 5. The largest absolute Gasteiger partial charge is 0.478 e. The second-order valence-electron chi connectivity index (χ2n) is 3.79. The second kappa shape index (κ2) is 5.12. The first-order valence-corrected chi connectivity index (χ1v) is 6.15. The molecule has 0 spiro atoms. The minimum Gasteiger partial charge on any atom is -0.478 e. The van der Waals surface area contributed by atoms with Gasteiger partial charge in [-0.1, -0.05) is 0 Å². The number of aromatic nitrogens is 3. The summed E-state index contributed by atoms with van der Waals surface area (Å²) in [5, 5.41) is 23.4. The fraction of sp³-hybridized carbons (Fsp3) is 0.167. The van der Waals surface area contributed by atoms with Crippen LogP contribution in [-0.4, -0.2) is 25.8 Å². The van der Waals surface area contributed by atoms with E-state index in [-0.39, 0.29) is 5.56 Å². The van der Waals surface area contributed by atoms with Gasteiger partial charge >= 0.3 is 5.97 Å². The van der Waals surface area contributed by atoms with Gasteiger partial charge in [0.15, 0.2) is 0 Å². The van der Waals surface area contributed by atoms with Crippen LogP contribution in [0.4, 0.5) is 0 Å². The molecule has 0 aromatic carbocycles. The summed E-state index contributed by atoms with van der Waals surface area (Å²) < 4.78 is 1.59. The molecule has 19 heavy (non-hydrogen) atoms.